The van der Waals surface area contributed by atoms with Gasteiger partial charge in [-0.25, -0.2) is 13.2 Å². The summed E-state index contributed by atoms with van der Waals surface area (Å²) in [5, 5.41) is 2.32. The van der Waals surface area contributed by atoms with Crippen LogP contribution in [0.4, 0.5) is 18.9 Å². The van der Waals surface area contributed by atoms with E-state index in [1.54, 1.807) is 0 Å². The molecule has 1 saturated carbocycles. The third-order valence-corrected chi connectivity index (χ3v) is 3.19. The van der Waals surface area contributed by atoms with Crippen molar-refractivity contribution in [3.63, 3.8) is 0 Å². The van der Waals surface area contributed by atoms with Crippen molar-refractivity contribution in [1.29, 1.82) is 0 Å². The minimum Gasteiger partial charge on any atom is -0.324 e. The summed E-state index contributed by atoms with van der Waals surface area (Å²) in [7, 11) is 0. The molecule has 0 aromatic heterocycles. The van der Waals surface area contributed by atoms with Crippen LogP contribution in [-0.2, 0) is 4.79 Å². The van der Waals surface area contributed by atoms with Crippen LogP contribution in [0.5, 0.6) is 0 Å². The number of rotatable bonds is 2. The lowest BCUT2D eigenvalue weighted by atomic mass is 9.98. The lowest BCUT2D eigenvalue weighted by molar-refractivity contribution is -0.121. The zero-order chi connectivity index (χ0) is 13.3. The average molecular weight is 258 g/mol. The van der Waals surface area contributed by atoms with Crippen molar-refractivity contribution in [2.24, 2.45) is 5.73 Å². The Balaban J connectivity index is 2.17. The van der Waals surface area contributed by atoms with Crippen molar-refractivity contribution < 1.29 is 18.0 Å². The molecule has 3 N–H and O–H groups in total. The Morgan fingerprint density at radius 3 is 2.17 bits per heavy atom. The summed E-state index contributed by atoms with van der Waals surface area (Å²) in [5.74, 6) is -4.74. The zero-order valence-electron chi connectivity index (χ0n) is 9.60. The zero-order valence-corrected chi connectivity index (χ0v) is 9.60. The molecule has 1 amide bonds. The first-order valence-corrected chi connectivity index (χ1v) is 5.67. The molecule has 0 heterocycles. The number of nitrogens with one attached hydrogen (secondary N) is 1. The molecule has 0 radical (unpaired) electrons. The molecule has 1 aliphatic rings. The number of halogens is 3. The molecule has 6 heteroatoms. The largest absolute Gasteiger partial charge is 0.324 e. The number of amides is 1. The Morgan fingerprint density at radius 2 is 1.67 bits per heavy atom. The summed E-state index contributed by atoms with van der Waals surface area (Å²) in [6, 6.07) is 1.46. The monoisotopic (exact) mass is 258 g/mol. The maximum atomic E-state index is 13.0. The second-order valence-electron chi connectivity index (χ2n) is 4.57. The van der Waals surface area contributed by atoms with Crippen LogP contribution < -0.4 is 11.1 Å². The van der Waals surface area contributed by atoms with Gasteiger partial charge in [0.05, 0.1) is 5.54 Å². The summed E-state index contributed by atoms with van der Waals surface area (Å²) in [5.41, 5.74) is 4.75. The van der Waals surface area contributed by atoms with Gasteiger partial charge in [0.15, 0.2) is 17.5 Å². The normalized spacial score (nSPS) is 17.8. The summed E-state index contributed by atoms with van der Waals surface area (Å²) in [6.07, 6.45) is 2.75. The highest BCUT2D eigenvalue weighted by Gasteiger charge is 2.37. The predicted octanol–water partition coefficient (Wildman–Crippen LogP) is 2.31. The maximum absolute atomic E-state index is 13.0. The number of nitrogens with two attached hydrogens (primary N) is 1. The van der Waals surface area contributed by atoms with Crippen LogP contribution in [0.15, 0.2) is 12.1 Å². The van der Waals surface area contributed by atoms with Gasteiger partial charge in [0.1, 0.15) is 0 Å². The number of carbonyl (C=O) groups is 1. The summed E-state index contributed by atoms with van der Waals surface area (Å²) < 4.78 is 38.7. The van der Waals surface area contributed by atoms with Gasteiger partial charge in [-0.1, -0.05) is 12.8 Å². The maximum Gasteiger partial charge on any atom is 0.244 e. The molecular formula is C12H13F3N2O. The third-order valence-electron chi connectivity index (χ3n) is 3.19. The van der Waals surface area contributed by atoms with Crippen molar-refractivity contribution >= 4 is 11.6 Å². The van der Waals surface area contributed by atoms with Gasteiger partial charge >= 0.3 is 0 Å². The molecule has 0 bridgehead atoms. The van der Waals surface area contributed by atoms with E-state index in [4.69, 9.17) is 5.73 Å². The fourth-order valence-corrected chi connectivity index (χ4v) is 2.12. The SMILES string of the molecule is NC1(C(=O)Nc2cc(F)c(F)c(F)c2)CCCC1. The van der Waals surface area contributed by atoms with Crippen LogP contribution in [0.3, 0.4) is 0 Å². The Labute approximate surface area is 102 Å². The highest BCUT2D eigenvalue weighted by Crippen LogP contribution is 2.28. The van der Waals surface area contributed by atoms with Gasteiger partial charge in [0.2, 0.25) is 5.91 Å². The lowest BCUT2D eigenvalue weighted by Crippen LogP contribution is -2.48. The Hall–Kier alpha value is -1.56. The number of carbonyl (C=O) groups excluding carboxylic acids is 1. The molecule has 1 aliphatic carbocycles. The highest BCUT2D eigenvalue weighted by atomic mass is 19.2. The van der Waals surface area contributed by atoms with Crippen molar-refractivity contribution in [2.45, 2.75) is 31.2 Å². The van der Waals surface area contributed by atoms with Crippen LogP contribution in [0, 0.1) is 17.5 Å². The second kappa shape index (κ2) is 4.61. The molecule has 2 rings (SSSR count). The summed E-state index contributed by atoms with van der Waals surface area (Å²) in [4.78, 5) is 11.9. The molecular weight excluding hydrogens is 245 g/mol. The molecule has 0 spiro atoms. The van der Waals surface area contributed by atoms with Gasteiger partial charge in [-0.05, 0) is 12.8 Å². The van der Waals surface area contributed by atoms with Crippen LogP contribution in [-0.4, -0.2) is 11.4 Å². The minimum atomic E-state index is -1.56. The Kier molecular flexibility index (Phi) is 3.30. The van der Waals surface area contributed by atoms with Gasteiger partial charge in [-0.15, -0.1) is 0 Å². The first kappa shape index (κ1) is 12.9. The van der Waals surface area contributed by atoms with Crippen LogP contribution in [0.2, 0.25) is 0 Å². The fourth-order valence-electron chi connectivity index (χ4n) is 2.12. The molecule has 0 saturated heterocycles. The molecule has 1 aromatic rings. The van der Waals surface area contributed by atoms with Gasteiger partial charge in [0, 0.05) is 17.8 Å². The van der Waals surface area contributed by atoms with E-state index in [1.807, 2.05) is 0 Å². The standard InChI is InChI=1S/C12H13F3N2O/c13-8-5-7(6-9(14)10(8)15)17-11(18)12(16)3-1-2-4-12/h5-6H,1-4,16H2,(H,17,18). The van der Waals surface area contributed by atoms with E-state index < -0.39 is 28.9 Å². The molecule has 0 aliphatic heterocycles. The number of anilines is 1. The van der Waals surface area contributed by atoms with Gasteiger partial charge in [0.25, 0.3) is 0 Å². The summed E-state index contributed by atoms with van der Waals surface area (Å²) >= 11 is 0. The van der Waals surface area contributed by atoms with E-state index in [0.29, 0.717) is 12.8 Å². The van der Waals surface area contributed by atoms with Crippen LogP contribution in [0.25, 0.3) is 0 Å². The van der Waals surface area contributed by atoms with Crippen molar-refractivity contribution in [3.05, 3.63) is 29.6 Å². The van der Waals surface area contributed by atoms with Gasteiger partial charge < -0.3 is 11.1 Å². The van der Waals surface area contributed by atoms with Crippen molar-refractivity contribution in [2.75, 3.05) is 5.32 Å². The van der Waals surface area contributed by atoms with E-state index in [2.05, 4.69) is 5.32 Å². The van der Waals surface area contributed by atoms with Crippen molar-refractivity contribution in [3.8, 4) is 0 Å². The quantitative estimate of drug-likeness (QED) is 0.800. The lowest BCUT2D eigenvalue weighted by Gasteiger charge is -2.22. The molecule has 18 heavy (non-hydrogen) atoms. The molecule has 98 valence electrons. The topological polar surface area (TPSA) is 55.1 Å². The van der Waals surface area contributed by atoms with Crippen LogP contribution in [0.1, 0.15) is 25.7 Å². The molecule has 0 unspecified atom stereocenters. The van der Waals surface area contributed by atoms with E-state index in [1.165, 1.54) is 0 Å². The van der Waals surface area contributed by atoms with E-state index in [-0.39, 0.29) is 5.69 Å². The molecule has 0 atom stereocenters. The van der Waals surface area contributed by atoms with E-state index in [0.717, 1.165) is 25.0 Å². The van der Waals surface area contributed by atoms with E-state index in [9.17, 15) is 18.0 Å². The van der Waals surface area contributed by atoms with Crippen molar-refractivity contribution in [1.82, 2.24) is 0 Å². The van der Waals surface area contributed by atoms with Crippen LogP contribution >= 0.6 is 0 Å². The number of benzene rings is 1. The van der Waals surface area contributed by atoms with Gasteiger partial charge in [-0.3, -0.25) is 4.79 Å². The first-order chi connectivity index (χ1) is 8.42. The smallest absolute Gasteiger partial charge is 0.244 e. The summed E-state index contributed by atoms with van der Waals surface area (Å²) in [6.45, 7) is 0. The van der Waals surface area contributed by atoms with E-state index >= 15 is 0 Å². The average Bonchev–Trinajstić information content (AvgIpc) is 2.74. The molecule has 1 fully saturated rings. The molecule has 3 nitrogen and oxygen atoms in total. The minimum absolute atomic E-state index is 0.131. The molecule has 1 aromatic carbocycles. The Morgan fingerprint density at radius 1 is 1.17 bits per heavy atom. The predicted molar refractivity (Wildman–Crippen MR) is 60.3 cm³/mol. The second-order valence-corrected chi connectivity index (χ2v) is 4.57. The number of hydrogen-bond acceptors (Lipinski definition) is 2. The Bertz CT molecular complexity index is 461. The fraction of sp³-hybridized carbons (Fsp3) is 0.417. The first-order valence-electron chi connectivity index (χ1n) is 5.67. The highest BCUT2D eigenvalue weighted by molar-refractivity contribution is 5.98. The third kappa shape index (κ3) is 2.33. The van der Waals surface area contributed by atoms with Gasteiger partial charge in [-0.2, -0.15) is 0 Å². The number of hydrogen-bond donors (Lipinski definition) is 2.